The molecule has 2 aliphatic rings. The number of amides is 2. The fraction of sp³-hybridized carbons (Fsp3) is 0.364. The molecular weight excluding hydrogens is 846 g/mol. The molecule has 0 aliphatic carbocycles. The highest BCUT2D eigenvalue weighted by Gasteiger charge is 2.45. The summed E-state index contributed by atoms with van der Waals surface area (Å²) in [5, 5.41) is 0. The van der Waals surface area contributed by atoms with Crippen LogP contribution in [0.4, 0.5) is 24.5 Å². The van der Waals surface area contributed by atoms with Crippen molar-refractivity contribution in [2.24, 2.45) is 0 Å². The van der Waals surface area contributed by atoms with E-state index >= 15 is 0 Å². The molecule has 2 amide bonds. The lowest BCUT2D eigenvalue weighted by Crippen LogP contribution is -2.58. The number of likely N-dealkylation sites (N-methyl/N-ethyl adjacent to an activating group) is 3. The fourth-order valence-electron chi connectivity index (χ4n) is 6.99. The molecule has 1 fully saturated rings. The van der Waals surface area contributed by atoms with Crippen molar-refractivity contribution >= 4 is 51.9 Å². The topological polar surface area (TPSA) is 68.8 Å². The molecule has 1 saturated heterocycles. The Morgan fingerprint density at radius 3 is 2.18 bits per heavy atom. The van der Waals surface area contributed by atoms with Crippen LogP contribution in [0.1, 0.15) is 27.8 Å². The van der Waals surface area contributed by atoms with Crippen molar-refractivity contribution in [3.63, 3.8) is 0 Å². The Morgan fingerprint density at radius 2 is 1.49 bits per heavy atom. The summed E-state index contributed by atoms with van der Waals surface area (Å²) >= 11 is 2.13. The molecule has 2 heterocycles. The van der Waals surface area contributed by atoms with Gasteiger partial charge >= 0.3 is 6.18 Å². The van der Waals surface area contributed by atoms with E-state index in [1.165, 1.54) is 24.3 Å². The summed E-state index contributed by atoms with van der Waals surface area (Å²) in [5.74, 6) is 0.175. The van der Waals surface area contributed by atoms with E-state index in [0.717, 1.165) is 65.6 Å². The summed E-state index contributed by atoms with van der Waals surface area (Å²) in [6.45, 7) is 6.09. The average Bonchev–Trinajstić information content (AvgIpc) is 3.21. The van der Waals surface area contributed by atoms with E-state index in [9.17, 15) is 22.8 Å². The number of hydrogen-bond acceptors (Lipinski definition) is 7. The molecule has 2 aliphatic heterocycles. The van der Waals surface area contributed by atoms with Crippen LogP contribution in [-0.2, 0) is 40.0 Å². The molecule has 9 nitrogen and oxygen atoms in total. The number of hydrogen-bond donors (Lipinski definition) is 0. The summed E-state index contributed by atoms with van der Waals surface area (Å²) < 4.78 is 49.8. The molecule has 0 bridgehead atoms. The predicted octanol–water partition coefficient (Wildman–Crippen LogP) is 7.38. The fourth-order valence-corrected chi connectivity index (χ4v) is 8.25. The number of fused-ring (bicyclic) bond motifs is 1. The van der Waals surface area contributed by atoms with Gasteiger partial charge in [-0.1, -0.05) is 60.7 Å². The number of rotatable bonds is 14. The van der Waals surface area contributed by atoms with Gasteiger partial charge in [0.1, 0.15) is 12.4 Å². The number of ether oxygens (including phenoxy) is 2. The zero-order chi connectivity index (χ0) is 40.6. The van der Waals surface area contributed by atoms with Crippen molar-refractivity contribution in [3.05, 3.63) is 131 Å². The first-order chi connectivity index (χ1) is 27.3. The number of benzene rings is 4. The van der Waals surface area contributed by atoms with E-state index in [1.807, 2.05) is 61.6 Å². The van der Waals surface area contributed by atoms with Crippen LogP contribution in [-0.4, -0.2) is 104 Å². The predicted molar refractivity (Wildman–Crippen MR) is 227 cm³/mol. The third-order valence-electron chi connectivity index (χ3n) is 10.3. The van der Waals surface area contributed by atoms with Crippen LogP contribution < -0.4 is 14.5 Å². The molecule has 0 aromatic heterocycles. The van der Waals surface area contributed by atoms with E-state index in [1.54, 1.807) is 16.8 Å². The number of carbonyl (C=O) groups is 2. The molecule has 1 atom stereocenters. The summed E-state index contributed by atoms with van der Waals surface area (Å²) in [4.78, 5) is 39.2. The van der Waals surface area contributed by atoms with Crippen LogP contribution in [0, 0.1) is 0 Å². The SMILES string of the molecule is CN(CCN(C)C(=O)C(I)(Cc1ccccc1)N(Cc1ccc(N2CCOCC2)cc1)C(=O)C=Cc1ccc(C(F)(F)F)cc1)Cc1ccc2c(c1)OCCN2C. The van der Waals surface area contributed by atoms with Gasteiger partial charge < -0.3 is 34.0 Å². The van der Waals surface area contributed by atoms with Gasteiger partial charge in [-0.2, -0.15) is 13.2 Å². The van der Waals surface area contributed by atoms with Gasteiger partial charge in [-0.05, 0) is 94.4 Å². The van der Waals surface area contributed by atoms with Crippen molar-refractivity contribution in [1.82, 2.24) is 14.7 Å². The maximum absolute atomic E-state index is 14.9. The number of halogens is 4. The maximum Gasteiger partial charge on any atom is 0.416 e. The van der Waals surface area contributed by atoms with Gasteiger partial charge in [0.2, 0.25) is 5.91 Å². The van der Waals surface area contributed by atoms with E-state index in [0.29, 0.717) is 45.0 Å². The Kier molecular flexibility index (Phi) is 13.8. The largest absolute Gasteiger partial charge is 0.490 e. The molecule has 0 radical (unpaired) electrons. The lowest BCUT2D eigenvalue weighted by Gasteiger charge is -2.41. The molecule has 1 unspecified atom stereocenters. The molecule has 13 heteroatoms. The van der Waals surface area contributed by atoms with Gasteiger partial charge in [0.05, 0.1) is 31.0 Å². The van der Waals surface area contributed by atoms with Gasteiger partial charge in [0, 0.05) is 71.5 Å². The second kappa shape index (κ2) is 18.8. The molecule has 0 saturated carbocycles. The van der Waals surface area contributed by atoms with Crippen LogP contribution in [0.15, 0.2) is 103 Å². The van der Waals surface area contributed by atoms with E-state index in [2.05, 4.69) is 62.5 Å². The minimum atomic E-state index is -4.47. The molecular formula is C44H49F3IN5O4. The lowest BCUT2D eigenvalue weighted by molar-refractivity contribution is -0.144. The van der Waals surface area contributed by atoms with Crippen LogP contribution >= 0.6 is 22.6 Å². The molecule has 302 valence electrons. The zero-order valence-electron chi connectivity index (χ0n) is 32.6. The first-order valence-corrected chi connectivity index (χ1v) is 20.1. The third kappa shape index (κ3) is 10.9. The van der Waals surface area contributed by atoms with E-state index in [-0.39, 0.29) is 18.9 Å². The van der Waals surface area contributed by atoms with Crippen molar-refractivity contribution in [1.29, 1.82) is 0 Å². The molecule has 57 heavy (non-hydrogen) atoms. The van der Waals surface area contributed by atoms with Gasteiger partial charge in [-0.3, -0.25) is 9.59 Å². The maximum atomic E-state index is 14.9. The average molecular weight is 896 g/mol. The molecule has 0 N–H and O–H groups in total. The highest BCUT2D eigenvalue weighted by molar-refractivity contribution is 14.1. The Bertz CT molecular complexity index is 1990. The number of alkyl halides is 4. The molecule has 4 aromatic carbocycles. The number of carbonyl (C=O) groups excluding carboxylic acids is 2. The van der Waals surface area contributed by atoms with Gasteiger partial charge in [-0.15, -0.1) is 0 Å². The van der Waals surface area contributed by atoms with Crippen LogP contribution in [0.2, 0.25) is 0 Å². The lowest BCUT2D eigenvalue weighted by atomic mass is 10.0. The Morgan fingerprint density at radius 1 is 0.807 bits per heavy atom. The quantitative estimate of drug-likeness (QED) is 0.0567. The minimum Gasteiger partial charge on any atom is -0.490 e. The van der Waals surface area contributed by atoms with E-state index < -0.39 is 21.2 Å². The van der Waals surface area contributed by atoms with Crippen molar-refractivity contribution in [3.8, 4) is 5.75 Å². The standard InChI is InChI=1S/C44H49F3IN5O4/c1-49(31-36-13-19-39-40(29-36)57-28-23-50(39)2)21-22-51(3)42(55)43(48,30-34-7-5-4-6-8-34)53(32-35-11-17-38(18-12-35)52-24-26-56-27-25-52)41(54)20-14-33-9-15-37(16-10-33)44(45,46)47/h4-20,29H,21-28,30-32H2,1-3H3. The van der Waals surface area contributed by atoms with Crippen molar-refractivity contribution < 1.29 is 32.2 Å². The summed E-state index contributed by atoms with van der Waals surface area (Å²) in [5.41, 5.74) is 4.57. The Labute approximate surface area is 346 Å². The third-order valence-corrected chi connectivity index (χ3v) is 11.8. The van der Waals surface area contributed by atoms with Crippen LogP contribution in [0.25, 0.3) is 6.08 Å². The first-order valence-electron chi connectivity index (χ1n) is 19.0. The first kappa shape index (κ1) is 42.0. The van der Waals surface area contributed by atoms with Crippen molar-refractivity contribution in [2.75, 3.05) is 83.5 Å². The highest BCUT2D eigenvalue weighted by atomic mass is 127. The van der Waals surface area contributed by atoms with Gasteiger partial charge in [-0.25, -0.2) is 0 Å². The monoisotopic (exact) mass is 895 g/mol. The summed E-state index contributed by atoms with van der Waals surface area (Å²) in [6.07, 6.45) is -1.42. The van der Waals surface area contributed by atoms with E-state index in [4.69, 9.17) is 9.47 Å². The second-order valence-electron chi connectivity index (χ2n) is 14.6. The van der Waals surface area contributed by atoms with Gasteiger partial charge in [0.15, 0.2) is 3.55 Å². The Balaban J connectivity index is 1.26. The minimum absolute atomic E-state index is 0.115. The summed E-state index contributed by atoms with van der Waals surface area (Å²) in [6, 6.07) is 28.4. The highest BCUT2D eigenvalue weighted by Crippen LogP contribution is 2.35. The molecule has 0 spiro atoms. The zero-order valence-corrected chi connectivity index (χ0v) is 34.7. The molecule has 4 aromatic rings. The number of anilines is 2. The second-order valence-corrected chi connectivity index (χ2v) is 16.4. The van der Waals surface area contributed by atoms with Crippen LogP contribution in [0.5, 0.6) is 5.75 Å². The Hall–Kier alpha value is -4.60. The van der Waals surface area contributed by atoms with Gasteiger partial charge in [0.25, 0.3) is 5.91 Å². The summed E-state index contributed by atoms with van der Waals surface area (Å²) in [7, 11) is 5.82. The molecule has 6 rings (SSSR count). The van der Waals surface area contributed by atoms with Crippen LogP contribution in [0.3, 0.4) is 0 Å². The number of morpholine rings is 1. The number of nitrogens with zero attached hydrogens (tertiary/aromatic N) is 5. The smallest absolute Gasteiger partial charge is 0.416 e. The normalized spacial score (nSPS) is 15.6. The van der Waals surface area contributed by atoms with Crippen molar-refractivity contribution in [2.45, 2.75) is 29.2 Å².